The number of anilines is 2. The summed E-state index contributed by atoms with van der Waals surface area (Å²) in [5, 5.41) is 5.02. The van der Waals surface area contributed by atoms with Crippen LogP contribution < -0.4 is 9.62 Å². The molecule has 0 aliphatic carbocycles. The largest absolute Gasteiger partial charge is 0.322 e. The third-order valence-electron chi connectivity index (χ3n) is 3.83. The molecule has 0 radical (unpaired) electrons. The van der Waals surface area contributed by atoms with Crippen molar-refractivity contribution in [1.29, 1.82) is 0 Å². The number of nitrogens with one attached hydrogen (secondary N) is 1. The minimum atomic E-state index is -3.29. The van der Waals surface area contributed by atoms with Crippen molar-refractivity contribution in [2.24, 2.45) is 0 Å². The maximum Gasteiger partial charge on any atom is 0.251 e. The molecule has 25 heavy (non-hydrogen) atoms. The number of nitrogens with zero attached hydrogens (tertiary/aromatic N) is 1. The second-order valence-corrected chi connectivity index (χ2v) is 9.10. The van der Waals surface area contributed by atoms with Crippen molar-refractivity contribution < 1.29 is 13.2 Å². The van der Waals surface area contributed by atoms with Crippen LogP contribution in [0.2, 0.25) is 5.02 Å². The van der Waals surface area contributed by atoms with Crippen LogP contribution in [-0.4, -0.2) is 26.6 Å². The van der Waals surface area contributed by atoms with E-state index in [0.717, 1.165) is 4.88 Å². The number of benzene rings is 1. The molecule has 1 fully saturated rings. The number of rotatable bonds is 4. The highest BCUT2D eigenvalue weighted by Gasteiger charge is 2.29. The predicted molar refractivity (Wildman–Crippen MR) is 104 cm³/mol. The molecule has 1 aromatic carbocycles. The van der Waals surface area contributed by atoms with Gasteiger partial charge in [0.15, 0.2) is 0 Å². The quantitative estimate of drug-likeness (QED) is 0.795. The van der Waals surface area contributed by atoms with Crippen LogP contribution in [0.3, 0.4) is 0 Å². The molecule has 8 heteroatoms. The molecule has 1 saturated heterocycles. The molecule has 1 amide bonds. The van der Waals surface area contributed by atoms with Crippen LogP contribution in [0.1, 0.15) is 18.2 Å². The van der Waals surface area contributed by atoms with Crippen molar-refractivity contribution in [1.82, 2.24) is 0 Å². The third-order valence-corrected chi connectivity index (χ3v) is 6.81. The lowest BCUT2D eigenvalue weighted by atomic mass is 10.2. The molecule has 5 nitrogen and oxygen atoms in total. The highest BCUT2D eigenvalue weighted by atomic mass is 35.5. The Hall–Kier alpha value is -1.83. The summed E-state index contributed by atoms with van der Waals surface area (Å²) in [5.74, 6) is -0.0971. The van der Waals surface area contributed by atoms with E-state index in [1.54, 1.807) is 36.5 Å². The number of hydrogen-bond acceptors (Lipinski definition) is 4. The van der Waals surface area contributed by atoms with Crippen LogP contribution in [0.5, 0.6) is 0 Å². The van der Waals surface area contributed by atoms with Crippen molar-refractivity contribution in [2.75, 3.05) is 21.9 Å². The van der Waals surface area contributed by atoms with Gasteiger partial charge in [0, 0.05) is 22.7 Å². The van der Waals surface area contributed by atoms with Crippen LogP contribution in [0, 0.1) is 0 Å². The van der Waals surface area contributed by atoms with E-state index in [2.05, 4.69) is 5.32 Å². The molecule has 1 aliphatic rings. The lowest BCUT2D eigenvalue weighted by molar-refractivity contribution is -0.112. The number of carbonyl (C=O) groups excluding carboxylic acids is 1. The van der Waals surface area contributed by atoms with E-state index in [1.165, 1.54) is 4.31 Å². The van der Waals surface area contributed by atoms with Crippen molar-refractivity contribution in [3.05, 3.63) is 51.2 Å². The topological polar surface area (TPSA) is 66.5 Å². The molecule has 1 aliphatic heterocycles. The normalized spacial score (nSPS) is 16.9. The summed E-state index contributed by atoms with van der Waals surface area (Å²) < 4.78 is 25.3. The van der Waals surface area contributed by atoms with Gasteiger partial charge in [-0.1, -0.05) is 17.7 Å². The Kier molecular flexibility index (Phi) is 5.17. The van der Waals surface area contributed by atoms with Crippen LogP contribution in [-0.2, 0) is 14.8 Å². The number of halogens is 1. The zero-order chi connectivity index (χ0) is 18.0. The van der Waals surface area contributed by atoms with Gasteiger partial charge in [-0.25, -0.2) is 8.42 Å². The molecular weight excluding hydrogens is 380 g/mol. The van der Waals surface area contributed by atoms with Gasteiger partial charge in [0.05, 0.1) is 16.5 Å². The summed E-state index contributed by atoms with van der Waals surface area (Å²) in [4.78, 5) is 13.3. The number of thiophene rings is 1. The first kappa shape index (κ1) is 18.0. The molecule has 1 N–H and O–H groups in total. The van der Waals surface area contributed by atoms with Gasteiger partial charge in [-0.3, -0.25) is 9.10 Å². The van der Waals surface area contributed by atoms with Gasteiger partial charge in [-0.15, -0.1) is 11.3 Å². The molecule has 0 atom stereocenters. The summed E-state index contributed by atoms with van der Waals surface area (Å²) in [6, 6.07) is 8.71. The van der Waals surface area contributed by atoms with Crippen LogP contribution >= 0.6 is 22.9 Å². The first-order valence-corrected chi connectivity index (χ1v) is 10.6. The Morgan fingerprint density at radius 1 is 1.36 bits per heavy atom. The fourth-order valence-corrected chi connectivity index (χ4v) is 5.21. The van der Waals surface area contributed by atoms with E-state index >= 15 is 0 Å². The lowest BCUT2D eigenvalue weighted by Crippen LogP contribution is -2.25. The Morgan fingerprint density at radius 3 is 2.76 bits per heavy atom. The van der Waals surface area contributed by atoms with E-state index in [-0.39, 0.29) is 11.7 Å². The first-order valence-electron chi connectivity index (χ1n) is 7.70. The standard InChI is InChI=1S/C17H17ClN2O3S2/c1-12(10-14-4-2-8-24-14)17(21)19-13-5-6-16(15(18)11-13)20-7-3-9-25(20,22)23/h2,4-6,8,10-11H,3,7,9H2,1H3,(H,19,21)/b12-10+. The Labute approximate surface area is 156 Å². The van der Waals surface area contributed by atoms with Gasteiger partial charge < -0.3 is 5.32 Å². The van der Waals surface area contributed by atoms with Gasteiger partial charge in [0.2, 0.25) is 10.0 Å². The lowest BCUT2D eigenvalue weighted by Gasteiger charge is -2.19. The van der Waals surface area contributed by atoms with Crippen molar-refractivity contribution >= 4 is 56.3 Å². The molecule has 0 unspecified atom stereocenters. The van der Waals surface area contributed by atoms with Crippen LogP contribution in [0.25, 0.3) is 6.08 Å². The number of sulfonamides is 1. The van der Waals surface area contributed by atoms with Crippen molar-refractivity contribution in [2.45, 2.75) is 13.3 Å². The molecule has 3 rings (SSSR count). The number of carbonyl (C=O) groups is 1. The minimum absolute atomic E-state index is 0.133. The van der Waals surface area contributed by atoms with E-state index < -0.39 is 10.0 Å². The molecule has 0 spiro atoms. The maximum absolute atomic E-state index is 12.3. The second kappa shape index (κ2) is 7.19. The molecule has 1 aromatic heterocycles. The molecule has 2 aromatic rings. The zero-order valence-electron chi connectivity index (χ0n) is 13.5. The number of amides is 1. The van der Waals surface area contributed by atoms with Crippen molar-refractivity contribution in [3.63, 3.8) is 0 Å². The van der Waals surface area contributed by atoms with Gasteiger partial charge in [-0.2, -0.15) is 0 Å². The fraction of sp³-hybridized carbons (Fsp3) is 0.235. The minimum Gasteiger partial charge on any atom is -0.322 e. The van der Waals surface area contributed by atoms with Gasteiger partial charge in [0.25, 0.3) is 5.91 Å². The smallest absolute Gasteiger partial charge is 0.251 e. The molecule has 0 saturated carbocycles. The van der Waals surface area contributed by atoms with E-state index in [9.17, 15) is 13.2 Å². The monoisotopic (exact) mass is 396 g/mol. The van der Waals surface area contributed by atoms with Gasteiger partial charge in [-0.05, 0) is 49.1 Å². The second-order valence-electron chi connectivity index (χ2n) is 5.70. The Morgan fingerprint density at radius 2 is 2.16 bits per heavy atom. The predicted octanol–water partition coefficient (Wildman–Crippen LogP) is 3.98. The van der Waals surface area contributed by atoms with Crippen LogP contribution in [0.15, 0.2) is 41.3 Å². The average Bonchev–Trinajstić information content (AvgIpc) is 3.17. The SMILES string of the molecule is C/C(=C\c1cccs1)C(=O)Nc1ccc(N2CCCS2(=O)=O)c(Cl)c1. The molecular formula is C17H17ClN2O3S2. The zero-order valence-corrected chi connectivity index (χ0v) is 15.9. The highest BCUT2D eigenvalue weighted by molar-refractivity contribution is 7.93. The maximum atomic E-state index is 12.3. The van der Waals surface area contributed by atoms with Gasteiger partial charge in [0.1, 0.15) is 0 Å². The third kappa shape index (κ3) is 4.05. The summed E-state index contributed by atoms with van der Waals surface area (Å²) in [5.41, 5.74) is 1.54. The average molecular weight is 397 g/mol. The Bertz CT molecular complexity index is 921. The Balaban J connectivity index is 1.76. The van der Waals surface area contributed by atoms with Gasteiger partial charge >= 0.3 is 0 Å². The summed E-state index contributed by atoms with van der Waals surface area (Å²) in [7, 11) is -3.29. The molecule has 132 valence electrons. The van der Waals surface area contributed by atoms with E-state index in [4.69, 9.17) is 11.6 Å². The van der Waals surface area contributed by atoms with Crippen LogP contribution in [0.4, 0.5) is 11.4 Å². The van der Waals surface area contributed by atoms with E-state index in [0.29, 0.717) is 34.9 Å². The summed E-state index contributed by atoms with van der Waals surface area (Å²) in [6.45, 7) is 2.16. The number of hydrogen-bond donors (Lipinski definition) is 1. The first-order chi connectivity index (χ1) is 11.9. The van der Waals surface area contributed by atoms with Crippen molar-refractivity contribution in [3.8, 4) is 0 Å². The molecule has 2 heterocycles. The molecule has 0 bridgehead atoms. The van der Waals surface area contributed by atoms with E-state index in [1.807, 2.05) is 23.6 Å². The summed E-state index contributed by atoms with van der Waals surface area (Å²) >= 11 is 7.80. The fourth-order valence-electron chi connectivity index (χ4n) is 2.58. The highest BCUT2D eigenvalue weighted by Crippen LogP contribution is 2.33. The summed E-state index contributed by atoms with van der Waals surface area (Å²) in [6.07, 6.45) is 2.40.